The first-order chi connectivity index (χ1) is 14.4. The van der Waals surface area contributed by atoms with Gasteiger partial charge in [0.25, 0.3) is 5.56 Å². The zero-order valence-corrected chi connectivity index (χ0v) is 17.0. The van der Waals surface area contributed by atoms with Crippen LogP contribution in [0.15, 0.2) is 52.1 Å². The quantitative estimate of drug-likeness (QED) is 0.494. The fourth-order valence-electron chi connectivity index (χ4n) is 3.53. The number of aliphatic hydroxyl groups excluding tert-OH is 1. The summed E-state index contributed by atoms with van der Waals surface area (Å²) in [6.45, 7) is 0.112. The Kier molecular flexibility index (Phi) is 5.04. The molecule has 0 radical (unpaired) electrons. The van der Waals surface area contributed by atoms with Gasteiger partial charge in [0.05, 0.1) is 6.54 Å². The van der Waals surface area contributed by atoms with Gasteiger partial charge in [0.15, 0.2) is 11.2 Å². The molecule has 0 unspecified atom stereocenters. The number of imidazole rings is 1. The van der Waals surface area contributed by atoms with Crippen LogP contribution in [0, 0.1) is 0 Å². The van der Waals surface area contributed by atoms with Crippen LogP contribution in [0.25, 0.3) is 21.9 Å². The number of anilines is 1. The van der Waals surface area contributed by atoms with E-state index in [1.165, 1.54) is 11.6 Å². The van der Waals surface area contributed by atoms with Gasteiger partial charge in [-0.25, -0.2) is 4.79 Å². The summed E-state index contributed by atoms with van der Waals surface area (Å²) in [6, 6.07) is 13.7. The predicted octanol–water partition coefficient (Wildman–Crippen LogP) is 1.07. The van der Waals surface area contributed by atoms with E-state index in [0.29, 0.717) is 11.7 Å². The number of nitrogens with one attached hydrogen (secondary N) is 1. The monoisotopic (exact) mass is 409 g/mol. The van der Waals surface area contributed by atoms with E-state index in [2.05, 4.69) is 10.3 Å². The van der Waals surface area contributed by atoms with Gasteiger partial charge in [-0.3, -0.25) is 13.9 Å². The molecule has 0 aliphatic rings. The van der Waals surface area contributed by atoms with Gasteiger partial charge >= 0.3 is 5.69 Å². The van der Waals surface area contributed by atoms with Crippen LogP contribution >= 0.6 is 0 Å². The lowest BCUT2D eigenvalue weighted by Crippen LogP contribution is -2.38. The maximum Gasteiger partial charge on any atom is 0.332 e. The van der Waals surface area contributed by atoms with Crippen molar-refractivity contribution in [1.29, 1.82) is 0 Å². The lowest BCUT2D eigenvalue weighted by atomic mass is 10.1. The number of aryl methyl sites for hydroxylation is 1. The highest BCUT2D eigenvalue weighted by Crippen LogP contribution is 2.21. The van der Waals surface area contributed by atoms with E-state index in [1.54, 1.807) is 18.7 Å². The lowest BCUT2D eigenvalue weighted by molar-refractivity contribution is 0.0939. The van der Waals surface area contributed by atoms with Crippen LogP contribution in [0.4, 0.5) is 5.95 Å². The van der Waals surface area contributed by atoms with Crippen LogP contribution in [0.1, 0.15) is 0 Å². The molecule has 0 fully saturated rings. The number of nitrogens with zero attached hydrogens (tertiary/aromatic N) is 4. The topological polar surface area (TPSA) is 103 Å². The van der Waals surface area contributed by atoms with E-state index in [1.807, 2.05) is 42.5 Å². The van der Waals surface area contributed by atoms with Crippen molar-refractivity contribution in [2.75, 3.05) is 19.0 Å². The van der Waals surface area contributed by atoms with Crippen molar-refractivity contribution in [2.24, 2.45) is 14.1 Å². The van der Waals surface area contributed by atoms with Gasteiger partial charge in [-0.05, 0) is 22.9 Å². The first kappa shape index (κ1) is 19.7. The molecule has 2 aromatic carbocycles. The molecular weight excluding hydrogens is 386 g/mol. The normalized spacial score (nSPS) is 12.4. The smallest absolute Gasteiger partial charge is 0.332 e. The second-order valence-corrected chi connectivity index (χ2v) is 7.15. The van der Waals surface area contributed by atoms with Gasteiger partial charge in [0, 0.05) is 21.1 Å². The Morgan fingerprint density at radius 3 is 2.57 bits per heavy atom. The molecule has 156 valence electrons. The predicted molar refractivity (Wildman–Crippen MR) is 115 cm³/mol. The SMILES string of the molecule is CNc1nc2c(c(=O)n(C)c(=O)n2C)n1C[C@H](O)COc1ccc2ccccc2c1. The van der Waals surface area contributed by atoms with Crippen molar-refractivity contribution in [2.45, 2.75) is 12.6 Å². The molecule has 0 saturated heterocycles. The number of aromatic nitrogens is 4. The van der Waals surface area contributed by atoms with Gasteiger partial charge in [-0.2, -0.15) is 4.98 Å². The van der Waals surface area contributed by atoms with E-state index < -0.39 is 17.4 Å². The minimum Gasteiger partial charge on any atom is -0.491 e. The van der Waals surface area contributed by atoms with Gasteiger partial charge in [-0.1, -0.05) is 30.3 Å². The number of ether oxygens (including phenoxy) is 1. The van der Waals surface area contributed by atoms with Crippen molar-refractivity contribution in [3.05, 3.63) is 63.3 Å². The summed E-state index contributed by atoms with van der Waals surface area (Å²) in [5.41, 5.74) is -0.423. The Labute approximate surface area is 171 Å². The van der Waals surface area contributed by atoms with Crippen molar-refractivity contribution in [1.82, 2.24) is 18.7 Å². The van der Waals surface area contributed by atoms with Crippen molar-refractivity contribution >= 4 is 27.9 Å². The Hall–Kier alpha value is -3.59. The summed E-state index contributed by atoms with van der Waals surface area (Å²) in [5, 5.41) is 15.6. The highest BCUT2D eigenvalue weighted by Gasteiger charge is 2.20. The van der Waals surface area contributed by atoms with E-state index >= 15 is 0 Å². The maximum atomic E-state index is 12.7. The number of benzene rings is 2. The van der Waals surface area contributed by atoms with Crippen LogP contribution in [0.3, 0.4) is 0 Å². The minimum atomic E-state index is -0.900. The molecule has 0 aliphatic carbocycles. The van der Waals surface area contributed by atoms with Crippen molar-refractivity contribution in [3.8, 4) is 5.75 Å². The Bertz CT molecular complexity index is 1350. The molecule has 2 aromatic heterocycles. The maximum absolute atomic E-state index is 12.7. The fourth-order valence-corrected chi connectivity index (χ4v) is 3.53. The number of aliphatic hydroxyl groups is 1. The number of fused-ring (bicyclic) bond motifs is 2. The molecule has 4 rings (SSSR count). The van der Waals surface area contributed by atoms with E-state index in [-0.39, 0.29) is 24.3 Å². The first-order valence-electron chi connectivity index (χ1n) is 9.54. The van der Waals surface area contributed by atoms with Crippen LogP contribution < -0.4 is 21.3 Å². The van der Waals surface area contributed by atoms with Crippen molar-refractivity contribution in [3.63, 3.8) is 0 Å². The van der Waals surface area contributed by atoms with E-state index in [0.717, 1.165) is 15.3 Å². The summed E-state index contributed by atoms with van der Waals surface area (Å²) in [5.74, 6) is 1.03. The Balaban J connectivity index is 1.60. The third-order valence-corrected chi connectivity index (χ3v) is 5.13. The van der Waals surface area contributed by atoms with Gasteiger partial charge in [0.2, 0.25) is 5.95 Å². The van der Waals surface area contributed by atoms with E-state index in [4.69, 9.17) is 4.74 Å². The fraction of sp³-hybridized carbons (Fsp3) is 0.286. The highest BCUT2D eigenvalue weighted by atomic mass is 16.5. The summed E-state index contributed by atoms with van der Waals surface area (Å²) in [7, 11) is 4.64. The van der Waals surface area contributed by atoms with Crippen LogP contribution in [0.2, 0.25) is 0 Å². The number of hydrogen-bond donors (Lipinski definition) is 2. The first-order valence-corrected chi connectivity index (χ1v) is 9.54. The highest BCUT2D eigenvalue weighted by molar-refractivity contribution is 5.83. The average molecular weight is 409 g/mol. The lowest BCUT2D eigenvalue weighted by Gasteiger charge is -2.15. The third kappa shape index (κ3) is 3.33. The molecular formula is C21H23N5O4. The molecule has 9 heteroatoms. The number of rotatable bonds is 6. The molecule has 9 nitrogen and oxygen atoms in total. The largest absolute Gasteiger partial charge is 0.491 e. The minimum absolute atomic E-state index is 0.0350. The molecule has 4 aromatic rings. The second-order valence-electron chi connectivity index (χ2n) is 7.15. The Morgan fingerprint density at radius 1 is 1.10 bits per heavy atom. The molecule has 1 atom stereocenters. The average Bonchev–Trinajstić information content (AvgIpc) is 3.13. The number of hydrogen-bond acceptors (Lipinski definition) is 6. The molecule has 2 heterocycles. The van der Waals surface area contributed by atoms with Crippen molar-refractivity contribution < 1.29 is 9.84 Å². The van der Waals surface area contributed by atoms with Crippen LogP contribution in [-0.4, -0.2) is 43.6 Å². The summed E-state index contributed by atoms with van der Waals surface area (Å²) >= 11 is 0. The standard InChI is InChI=1S/C21H23N5O4/c1-22-20-23-18-17(19(28)25(3)21(29)24(18)2)26(20)11-15(27)12-30-16-9-8-13-6-4-5-7-14(13)10-16/h4-10,15,27H,11-12H2,1-3H3,(H,22,23)/t15-/m0/s1. The molecule has 0 bridgehead atoms. The third-order valence-electron chi connectivity index (χ3n) is 5.13. The van der Waals surface area contributed by atoms with Gasteiger partial charge < -0.3 is 19.7 Å². The van der Waals surface area contributed by atoms with Crippen LogP contribution in [0.5, 0.6) is 5.75 Å². The van der Waals surface area contributed by atoms with Gasteiger partial charge in [0.1, 0.15) is 18.5 Å². The zero-order chi connectivity index (χ0) is 21.4. The molecule has 0 amide bonds. The zero-order valence-electron chi connectivity index (χ0n) is 17.0. The second kappa shape index (κ2) is 7.68. The summed E-state index contributed by atoms with van der Waals surface area (Å²) in [6.07, 6.45) is -0.900. The summed E-state index contributed by atoms with van der Waals surface area (Å²) in [4.78, 5) is 29.2. The Morgan fingerprint density at radius 2 is 1.83 bits per heavy atom. The molecule has 0 saturated carbocycles. The summed E-state index contributed by atoms with van der Waals surface area (Å²) < 4.78 is 9.68. The van der Waals surface area contributed by atoms with Gasteiger partial charge in [-0.15, -0.1) is 0 Å². The molecule has 2 N–H and O–H groups in total. The molecule has 0 spiro atoms. The van der Waals surface area contributed by atoms with E-state index in [9.17, 15) is 14.7 Å². The van der Waals surface area contributed by atoms with Crippen LogP contribution in [-0.2, 0) is 20.6 Å². The molecule has 0 aliphatic heterocycles. The molecule has 30 heavy (non-hydrogen) atoms.